The normalized spacial score (nSPS) is 14.6. The number of fused-ring (bicyclic) bond motifs is 1. The maximum Gasteiger partial charge on any atom is 0.252 e. The molecule has 0 spiro atoms. The number of amides is 1. The van der Waals surface area contributed by atoms with Crippen molar-refractivity contribution in [1.29, 1.82) is 0 Å². The number of hydrogen-bond acceptors (Lipinski definition) is 6. The van der Waals surface area contributed by atoms with Gasteiger partial charge in [0.15, 0.2) is 5.17 Å². The molecule has 0 atom stereocenters. The molecule has 0 bridgehead atoms. The van der Waals surface area contributed by atoms with Gasteiger partial charge in [-0.2, -0.15) is 10.1 Å². The summed E-state index contributed by atoms with van der Waals surface area (Å²) in [5.74, 6) is 1.41. The van der Waals surface area contributed by atoms with E-state index in [0.717, 1.165) is 29.2 Å². The van der Waals surface area contributed by atoms with Crippen molar-refractivity contribution in [2.75, 3.05) is 12.3 Å². The molecule has 3 heterocycles. The van der Waals surface area contributed by atoms with E-state index in [1.807, 2.05) is 13.8 Å². The van der Waals surface area contributed by atoms with Crippen molar-refractivity contribution in [2.24, 2.45) is 4.99 Å². The highest BCUT2D eigenvalue weighted by atomic mass is 32.2. The summed E-state index contributed by atoms with van der Waals surface area (Å²) in [5, 5.41) is 7.65. The number of carbonyl (C=O) groups excluding carboxylic acids is 1. The molecule has 2 aromatic rings. The Labute approximate surface area is 119 Å². The third-order valence-corrected chi connectivity index (χ3v) is 4.05. The van der Waals surface area contributed by atoms with Gasteiger partial charge >= 0.3 is 0 Å². The first kappa shape index (κ1) is 13.0. The monoisotopic (exact) mass is 290 g/mol. The molecular formula is C12H14N6OS. The summed E-state index contributed by atoms with van der Waals surface area (Å²) in [5.41, 5.74) is 2.57. The molecule has 1 N–H and O–H groups in total. The van der Waals surface area contributed by atoms with E-state index < -0.39 is 0 Å². The predicted octanol–water partition coefficient (Wildman–Crippen LogP) is 0.503. The summed E-state index contributed by atoms with van der Waals surface area (Å²) >= 11 is 1.57. The zero-order chi connectivity index (χ0) is 14.1. The van der Waals surface area contributed by atoms with Crippen LogP contribution in [0.5, 0.6) is 0 Å². The van der Waals surface area contributed by atoms with Gasteiger partial charge in [0.05, 0.1) is 13.0 Å². The second kappa shape index (κ2) is 5.20. The standard InChI is InChI=1S/C12H14N6OS/c1-7-9(5-10(19)17-12-13-3-4-20-12)8(2)18-11(16-7)14-6-15-18/h6H,3-5H2,1-2H3,(H,13,17,19). The van der Waals surface area contributed by atoms with Gasteiger partial charge in [0, 0.05) is 22.7 Å². The van der Waals surface area contributed by atoms with E-state index in [9.17, 15) is 4.79 Å². The van der Waals surface area contributed by atoms with Crippen LogP contribution in [0.25, 0.3) is 5.78 Å². The van der Waals surface area contributed by atoms with Gasteiger partial charge in [-0.15, -0.1) is 0 Å². The van der Waals surface area contributed by atoms with Gasteiger partial charge in [-0.3, -0.25) is 9.79 Å². The first-order valence-electron chi connectivity index (χ1n) is 6.28. The Morgan fingerprint density at radius 2 is 2.35 bits per heavy atom. The highest BCUT2D eigenvalue weighted by molar-refractivity contribution is 8.14. The van der Waals surface area contributed by atoms with Crippen molar-refractivity contribution in [1.82, 2.24) is 24.9 Å². The highest BCUT2D eigenvalue weighted by Crippen LogP contribution is 2.14. The number of aryl methyl sites for hydroxylation is 2. The molecule has 1 aliphatic heterocycles. The number of rotatable bonds is 2. The van der Waals surface area contributed by atoms with E-state index in [1.165, 1.54) is 6.33 Å². The number of amidine groups is 1. The van der Waals surface area contributed by atoms with Crippen molar-refractivity contribution >= 4 is 28.6 Å². The molecule has 0 saturated heterocycles. The minimum atomic E-state index is -0.0781. The minimum Gasteiger partial charge on any atom is -0.305 e. The van der Waals surface area contributed by atoms with Crippen LogP contribution in [0.15, 0.2) is 11.3 Å². The molecule has 104 valence electrons. The zero-order valence-corrected chi connectivity index (χ0v) is 12.1. The molecule has 0 radical (unpaired) electrons. The average Bonchev–Trinajstić information content (AvgIpc) is 3.05. The van der Waals surface area contributed by atoms with Crippen LogP contribution in [0.2, 0.25) is 0 Å². The van der Waals surface area contributed by atoms with Crippen LogP contribution in [0.3, 0.4) is 0 Å². The molecule has 0 unspecified atom stereocenters. The van der Waals surface area contributed by atoms with Crippen molar-refractivity contribution in [2.45, 2.75) is 20.3 Å². The van der Waals surface area contributed by atoms with E-state index in [4.69, 9.17) is 0 Å². The fourth-order valence-electron chi connectivity index (χ4n) is 2.15. The molecule has 20 heavy (non-hydrogen) atoms. The first-order chi connectivity index (χ1) is 9.65. The van der Waals surface area contributed by atoms with Gasteiger partial charge < -0.3 is 5.32 Å². The molecule has 8 heteroatoms. The fourth-order valence-corrected chi connectivity index (χ4v) is 2.89. The minimum absolute atomic E-state index is 0.0781. The Balaban J connectivity index is 1.84. The van der Waals surface area contributed by atoms with Crippen LogP contribution in [-0.4, -0.2) is 43.0 Å². The molecule has 0 saturated carbocycles. The third-order valence-electron chi connectivity index (χ3n) is 3.16. The number of aliphatic imine (C=N–C) groups is 1. The number of carbonyl (C=O) groups is 1. The summed E-state index contributed by atoms with van der Waals surface area (Å²) in [6, 6.07) is 0. The molecule has 0 fully saturated rings. The first-order valence-corrected chi connectivity index (χ1v) is 7.26. The van der Waals surface area contributed by atoms with Gasteiger partial charge in [0.2, 0.25) is 5.91 Å². The van der Waals surface area contributed by atoms with Gasteiger partial charge in [0.1, 0.15) is 6.33 Å². The number of aromatic nitrogens is 4. The van der Waals surface area contributed by atoms with Gasteiger partial charge in [-0.05, 0) is 13.8 Å². The van der Waals surface area contributed by atoms with Crippen molar-refractivity contribution in [3.63, 3.8) is 0 Å². The molecule has 2 aromatic heterocycles. The van der Waals surface area contributed by atoms with E-state index in [-0.39, 0.29) is 12.3 Å². The lowest BCUT2D eigenvalue weighted by molar-refractivity contribution is -0.119. The molecular weight excluding hydrogens is 276 g/mol. The Morgan fingerprint density at radius 3 is 3.10 bits per heavy atom. The number of nitrogens with zero attached hydrogens (tertiary/aromatic N) is 5. The van der Waals surface area contributed by atoms with E-state index in [0.29, 0.717) is 10.9 Å². The van der Waals surface area contributed by atoms with Crippen LogP contribution in [0, 0.1) is 13.8 Å². The van der Waals surface area contributed by atoms with Crippen LogP contribution in [0.1, 0.15) is 17.0 Å². The molecule has 0 aliphatic carbocycles. The van der Waals surface area contributed by atoms with E-state index in [2.05, 4.69) is 25.4 Å². The van der Waals surface area contributed by atoms with Crippen molar-refractivity contribution in [3.8, 4) is 0 Å². The molecule has 1 amide bonds. The van der Waals surface area contributed by atoms with Crippen LogP contribution in [0.4, 0.5) is 0 Å². The molecule has 1 aliphatic rings. The SMILES string of the molecule is Cc1nc2ncnn2c(C)c1CC(=O)NC1=NCCS1. The molecule has 7 nitrogen and oxygen atoms in total. The lowest BCUT2D eigenvalue weighted by Crippen LogP contribution is -2.29. The zero-order valence-electron chi connectivity index (χ0n) is 11.3. The van der Waals surface area contributed by atoms with Gasteiger partial charge in [-0.1, -0.05) is 11.8 Å². The van der Waals surface area contributed by atoms with Crippen molar-refractivity contribution < 1.29 is 4.79 Å². The largest absolute Gasteiger partial charge is 0.305 e. The fraction of sp³-hybridized carbons (Fsp3) is 0.417. The quantitative estimate of drug-likeness (QED) is 0.870. The Bertz CT molecular complexity index is 707. The second-order valence-electron chi connectivity index (χ2n) is 4.49. The third kappa shape index (κ3) is 2.38. The number of nitrogens with one attached hydrogen (secondary N) is 1. The van der Waals surface area contributed by atoms with Crippen LogP contribution in [-0.2, 0) is 11.2 Å². The number of thioether (sulfide) groups is 1. The van der Waals surface area contributed by atoms with E-state index in [1.54, 1.807) is 16.3 Å². The topological polar surface area (TPSA) is 84.5 Å². The van der Waals surface area contributed by atoms with E-state index >= 15 is 0 Å². The van der Waals surface area contributed by atoms with Gasteiger partial charge in [0.25, 0.3) is 5.78 Å². The molecule has 3 rings (SSSR count). The smallest absolute Gasteiger partial charge is 0.252 e. The molecule has 0 aromatic carbocycles. The van der Waals surface area contributed by atoms with Crippen LogP contribution >= 0.6 is 11.8 Å². The Hall–Kier alpha value is -1.96. The maximum absolute atomic E-state index is 12.1. The summed E-state index contributed by atoms with van der Waals surface area (Å²) in [7, 11) is 0. The second-order valence-corrected chi connectivity index (χ2v) is 5.58. The predicted molar refractivity (Wildman–Crippen MR) is 76.9 cm³/mol. The van der Waals surface area contributed by atoms with Crippen molar-refractivity contribution in [3.05, 3.63) is 23.3 Å². The van der Waals surface area contributed by atoms with Gasteiger partial charge in [-0.25, -0.2) is 9.50 Å². The Morgan fingerprint density at radius 1 is 1.50 bits per heavy atom. The van der Waals surface area contributed by atoms with Crippen LogP contribution < -0.4 is 5.32 Å². The summed E-state index contributed by atoms with van der Waals surface area (Å²) in [4.78, 5) is 24.7. The lowest BCUT2D eigenvalue weighted by atomic mass is 10.1. The Kier molecular flexibility index (Phi) is 3.39. The maximum atomic E-state index is 12.1. The highest BCUT2D eigenvalue weighted by Gasteiger charge is 2.16. The lowest BCUT2D eigenvalue weighted by Gasteiger charge is -2.10. The summed E-state index contributed by atoms with van der Waals surface area (Å²) in [6.07, 6.45) is 1.72. The summed E-state index contributed by atoms with van der Waals surface area (Å²) in [6.45, 7) is 4.57. The number of hydrogen-bond donors (Lipinski definition) is 1. The average molecular weight is 290 g/mol. The summed E-state index contributed by atoms with van der Waals surface area (Å²) < 4.78 is 1.65.